The van der Waals surface area contributed by atoms with Gasteiger partial charge >= 0.3 is 0 Å². The Labute approximate surface area is 437 Å². The summed E-state index contributed by atoms with van der Waals surface area (Å²) in [6.45, 7) is 42.2. The molecule has 0 aromatic heterocycles. The maximum absolute atomic E-state index is 11.2. The second-order valence-corrected chi connectivity index (χ2v) is 28.4. The predicted molar refractivity (Wildman–Crippen MR) is 318 cm³/mol. The third kappa shape index (κ3) is 21.3. The number of aliphatic hydroxyl groups is 2. The van der Waals surface area contributed by atoms with Crippen LogP contribution in [0.15, 0.2) is 70.9 Å². The van der Waals surface area contributed by atoms with Crippen molar-refractivity contribution >= 4 is 34.8 Å². The molecule has 4 saturated carbocycles. The van der Waals surface area contributed by atoms with Gasteiger partial charge < -0.3 is 19.3 Å². The molecule has 0 heterocycles. The summed E-state index contributed by atoms with van der Waals surface area (Å²) in [6, 6.07) is 0. The molecule has 0 spiro atoms. The topological polar surface area (TPSA) is 58.9 Å². The first-order valence-corrected chi connectivity index (χ1v) is 33.0. The Morgan fingerprint density at radius 2 is 0.942 bits per heavy atom. The van der Waals surface area contributed by atoms with Crippen molar-refractivity contribution < 1.29 is 19.3 Å². The van der Waals surface area contributed by atoms with Gasteiger partial charge in [-0.25, -0.2) is 0 Å². The molecule has 2 N–H and O–H groups in total. The van der Waals surface area contributed by atoms with Gasteiger partial charge in [0.15, 0.2) is 0 Å². The highest BCUT2D eigenvalue weighted by atomic mass is 32.0. The van der Waals surface area contributed by atoms with Crippen molar-refractivity contribution in [2.45, 2.75) is 250 Å². The van der Waals surface area contributed by atoms with Crippen molar-refractivity contribution in [3.05, 3.63) is 70.9 Å². The number of hydrogen-bond acceptors (Lipinski definition) is 4. The summed E-state index contributed by atoms with van der Waals surface area (Å²) < 4.78 is 10.8. The molecular weight excluding hydrogens is 921 g/mol. The van der Waals surface area contributed by atoms with Gasteiger partial charge in [-0.2, -0.15) is 0 Å². The van der Waals surface area contributed by atoms with E-state index in [1.54, 1.807) is 0 Å². The van der Waals surface area contributed by atoms with E-state index in [-0.39, 0.29) is 10.8 Å². The fraction of sp³-hybridized carbons (Fsp3) is 0.803. The summed E-state index contributed by atoms with van der Waals surface area (Å²) >= 11 is 0. The lowest BCUT2D eigenvalue weighted by Gasteiger charge is -2.61. The molecule has 69 heavy (non-hydrogen) atoms. The van der Waals surface area contributed by atoms with E-state index >= 15 is 0 Å². The summed E-state index contributed by atoms with van der Waals surface area (Å²) in [5.41, 5.74) is 7.83. The minimum Gasteiger partial charge on any atom is -0.390 e. The van der Waals surface area contributed by atoms with E-state index in [1.807, 2.05) is 0 Å². The zero-order chi connectivity index (χ0) is 52.3. The molecule has 0 aliphatic heterocycles. The first kappa shape index (κ1) is 65.1. The average molecular weight is 1030 g/mol. The van der Waals surface area contributed by atoms with Crippen LogP contribution in [-0.2, 0) is 9.05 Å². The molecule has 4 nitrogen and oxygen atoms in total. The van der Waals surface area contributed by atoms with Gasteiger partial charge in [0.2, 0.25) is 0 Å². The smallest absolute Gasteiger partial charge is 0.0693 e. The molecule has 4 fully saturated rings. The van der Waals surface area contributed by atoms with Gasteiger partial charge in [0.25, 0.3) is 0 Å². The Kier molecular flexibility index (Phi) is 28.2. The monoisotopic (exact) mass is 1030 g/mol. The van der Waals surface area contributed by atoms with E-state index in [9.17, 15) is 10.2 Å². The van der Waals surface area contributed by atoms with E-state index < -0.39 is 11.2 Å². The average Bonchev–Trinajstić information content (AvgIpc) is 3.22. The van der Waals surface area contributed by atoms with Crippen molar-refractivity contribution in [1.29, 1.82) is 0 Å². The van der Waals surface area contributed by atoms with Crippen LogP contribution in [0.2, 0.25) is 0 Å². The van der Waals surface area contributed by atoms with Crippen LogP contribution in [0.3, 0.4) is 0 Å². The Morgan fingerprint density at radius 1 is 0.565 bits per heavy atom. The van der Waals surface area contributed by atoms with Crippen molar-refractivity contribution in [3.8, 4) is 0 Å². The molecule has 4 aliphatic rings. The number of fused-ring (bicyclic) bond motifs is 2. The van der Waals surface area contributed by atoms with E-state index in [4.69, 9.17) is 9.05 Å². The van der Waals surface area contributed by atoms with Gasteiger partial charge in [0.05, 0.1) is 24.4 Å². The lowest BCUT2D eigenvalue weighted by Crippen LogP contribution is -2.57. The molecule has 4 rings (SSSR count). The van der Waals surface area contributed by atoms with Crippen LogP contribution < -0.4 is 0 Å². The molecular formula is C61H112O4P4. The maximum Gasteiger partial charge on any atom is 0.0693 e. The highest BCUT2D eigenvalue weighted by Crippen LogP contribution is 2.64. The zero-order valence-electron chi connectivity index (χ0n) is 47.9. The van der Waals surface area contributed by atoms with E-state index in [1.165, 1.54) is 105 Å². The Hall–Kier alpha value is -0.000000000000000111. The summed E-state index contributed by atoms with van der Waals surface area (Å²) in [4.78, 5) is 0. The van der Waals surface area contributed by atoms with Gasteiger partial charge in [-0.15, -0.1) is 6.58 Å². The van der Waals surface area contributed by atoms with E-state index in [0.717, 1.165) is 69.8 Å². The molecule has 0 radical (unpaired) electrons. The van der Waals surface area contributed by atoms with Crippen LogP contribution in [0.1, 0.15) is 239 Å². The first-order valence-electron chi connectivity index (χ1n) is 27.5. The molecule has 400 valence electrons. The highest BCUT2D eigenvalue weighted by Gasteiger charge is 2.59. The third-order valence-corrected chi connectivity index (χ3v) is 20.0. The molecule has 0 aromatic carbocycles. The van der Waals surface area contributed by atoms with Crippen molar-refractivity contribution in [1.82, 2.24) is 0 Å². The minimum atomic E-state index is -0.517. The molecule has 12 atom stereocenters. The highest BCUT2D eigenvalue weighted by molar-refractivity contribution is 8.00. The van der Waals surface area contributed by atoms with E-state index in [2.05, 4.69) is 172 Å². The fourth-order valence-corrected chi connectivity index (χ4v) is 15.0. The minimum absolute atomic E-state index is 0.170. The summed E-state index contributed by atoms with van der Waals surface area (Å²) in [6.07, 6.45) is 37.2. The predicted octanol–water partition coefficient (Wildman–Crippen LogP) is 19.6. The molecule has 7 unspecified atom stereocenters. The maximum atomic E-state index is 11.2. The van der Waals surface area contributed by atoms with Crippen molar-refractivity contribution in [2.75, 3.05) is 13.2 Å². The molecule has 0 aromatic rings. The third-order valence-electron chi connectivity index (χ3n) is 18.3. The van der Waals surface area contributed by atoms with Crippen LogP contribution >= 0.6 is 34.8 Å². The normalized spacial score (nSPS) is 31.9. The second kappa shape index (κ2) is 29.9. The molecule has 0 bridgehead atoms. The van der Waals surface area contributed by atoms with Gasteiger partial charge in [-0.1, -0.05) is 150 Å². The lowest BCUT2D eigenvalue weighted by molar-refractivity contribution is -0.170. The van der Waals surface area contributed by atoms with Crippen LogP contribution in [0.25, 0.3) is 0 Å². The molecule has 0 saturated heterocycles. The van der Waals surface area contributed by atoms with Crippen molar-refractivity contribution in [2.24, 2.45) is 50.7 Å². The number of allylic oxidation sites excluding steroid dienone is 9. The second-order valence-electron chi connectivity index (χ2n) is 25.9. The fourth-order valence-electron chi connectivity index (χ4n) is 14.1. The van der Waals surface area contributed by atoms with Crippen LogP contribution in [0.5, 0.6) is 0 Å². The van der Waals surface area contributed by atoms with Gasteiger partial charge in [0.1, 0.15) is 0 Å². The van der Waals surface area contributed by atoms with Crippen LogP contribution in [0.4, 0.5) is 0 Å². The standard InChI is InChI=1S/C21H38O.C20H38O2P2.C20H36OP2/c1-8-18(2,3)14-10-17-20(6)13-9-12-19(4,5)16(20)11-15-21(17,7)22;1-15(10-14-22-24-23)7-8-17-19(4)12-6-11-18(2,3)16(19)9-13-20(17,5)21;1-17(2)9-6-10-18(3)11-7-12-19(4)13-8-14-20(5)15-16-21-23-22/h8,16-17,22H,1,9-15H2,2-7H3;10,16-17,21,24H,6-9,11-14,23H2,1-5H3;9,11,13,15,23H,6-8,10,12,14,16,22H2,1-5H3/b;15-10+;18-11+,19-13+,20-15+/t16?,17?,20-,21+;16?,17-,19+,20-;/m01./s1. The van der Waals surface area contributed by atoms with Crippen molar-refractivity contribution in [3.63, 3.8) is 0 Å². The Bertz CT molecular complexity index is 1700. The first-order chi connectivity index (χ1) is 32.0. The molecule has 0 amide bonds. The Morgan fingerprint density at radius 3 is 1.33 bits per heavy atom. The molecule has 4 aliphatic carbocycles. The number of hydrogen-bond donors (Lipinski definition) is 2. The number of rotatable bonds is 22. The largest absolute Gasteiger partial charge is 0.390 e. The van der Waals surface area contributed by atoms with Gasteiger partial charge in [-0.3, -0.25) is 0 Å². The Balaban J connectivity index is 0.000000355. The summed E-state index contributed by atoms with van der Waals surface area (Å²) in [5, 5.41) is 22.3. The van der Waals surface area contributed by atoms with Gasteiger partial charge in [-0.05, 0) is 222 Å². The SMILES string of the molecule is C/C(=C\COPP)CC[C@@H]1[C@@]2(C)CCCC(C)(C)C2CC[C@@]1(C)O.C=CC(C)(C)CCC1[C@@]2(C)CCCC(C)(C)C2CC[C@@]1(C)O.CC(C)=CCC/C(C)=C/CC/C(C)=C/CC/C(C)=C/COPP. The van der Waals surface area contributed by atoms with Crippen LogP contribution in [0, 0.1) is 50.7 Å². The van der Waals surface area contributed by atoms with Crippen LogP contribution in [-0.4, -0.2) is 34.6 Å². The quantitative estimate of drug-likeness (QED) is 0.0644. The summed E-state index contributed by atoms with van der Waals surface area (Å²) in [7, 11) is 6.20. The molecule has 8 heteroatoms. The van der Waals surface area contributed by atoms with Gasteiger partial charge in [0, 0.05) is 17.0 Å². The van der Waals surface area contributed by atoms with E-state index in [0.29, 0.717) is 51.7 Å². The zero-order valence-corrected chi connectivity index (χ0v) is 52.2. The lowest BCUT2D eigenvalue weighted by atomic mass is 9.45. The summed E-state index contributed by atoms with van der Waals surface area (Å²) in [5.74, 6) is 2.31.